The molecule has 0 aliphatic carbocycles. The second-order valence-corrected chi connectivity index (χ2v) is 8.62. The van der Waals surface area contributed by atoms with Gasteiger partial charge < -0.3 is 15.1 Å². The van der Waals surface area contributed by atoms with Crippen molar-refractivity contribution in [3.63, 3.8) is 0 Å². The molecule has 2 fully saturated rings. The standard InChI is InChI=1S/C24H27N7O/c25-17-18-4-6-21(7-5-18)29-15-10-20(11-16-29)26-24(32)30-13-8-19(9-14-30)23-28-27-22-3-1-2-12-31(22)23/h1-7,12,19-20H,8-11,13-16H2,(H,26,32). The predicted octanol–water partition coefficient (Wildman–Crippen LogP) is 3.16. The number of benzene rings is 1. The fraction of sp³-hybridized carbons (Fsp3) is 0.417. The molecule has 2 amide bonds. The summed E-state index contributed by atoms with van der Waals surface area (Å²) in [4.78, 5) is 17.1. The molecular weight excluding hydrogens is 402 g/mol. The van der Waals surface area contributed by atoms with Gasteiger partial charge in [0.1, 0.15) is 5.82 Å². The molecule has 164 valence electrons. The topological polar surface area (TPSA) is 89.6 Å². The number of likely N-dealkylation sites (tertiary alicyclic amines) is 1. The third kappa shape index (κ3) is 4.11. The lowest BCUT2D eigenvalue weighted by atomic mass is 9.96. The maximum absolute atomic E-state index is 12.8. The molecule has 0 bridgehead atoms. The first-order valence-corrected chi connectivity index (χ1v) is 11.3. The number of nitrogens with one attached hydrogen (secondary N) is 1. The van der Waals surface area contributed by atoms with E-state index in [0.29, 0.717) is 11.5 Å². The Morgan fingerprint density at radius 2 is 1.72 bits per heavy atom. The summed E-state index contributed by atoms with van der Waals surface area (Å²) in [6.07, 6.45) is 5.66. The van der Waals surface area contributed by atoms with Gasteiger partial charge in [0.15, 0.2) is 5.65 Å². The molecule has 0 atom stereocenters. The number of anilines is 1. The van der Waals surface area contributed by atoms with Crippen molar-refractivity contribution in [3.05, 3.63) is 60.0 Å². The van der Waals surface area contributed by atoms with E-state index in [4.69, 9.17) is 5.26 Å². The van der Waals surface area contributed by atoms with Gasteiger partial charge in [0.25, 0.3) is 0 Å². The number of hydrogen-bond acceptors (Lipinski definition) is 5. The smallest absolute Gasteiger partial charge is 0.317 e. The van der Waals surface area contributed by atoms with Crippen LogP contribution in [0.1, 0.15) is 43.0 Å². The van der Waals surface area contributed by atoms with Crippen LogP contribution in [-0.2, 0) is 0 Å². The first-order valence-electron chi connectivity index (χ1n) is 11.3. The highest BCUT2D eigenvalue weighted by Crippen LogP contribution is 2.27. The number of carbonyl (C=O) groups excluding carboxylic acids is 1. The van der Waals surface area contributed by atoms with E-state index in [9.17, 15) is 4.79 Å². The quantitative estimate of drug-likeness (QED) is 0.691. The summed E-state index contributed by atoms with van der Waals surface area (Å²) in [6.45, 7) is 3.28. The van der Waals surface area contributed by atoms with Gasteiger partial charge in [0.05, 0.1) is 11.6 Å². The summed E-state index contributed by atoms with van der Waals surface area (Å²) in [5.41, 5.74) is 2.68. The molecule has 2 aliphatic heterocycles. The Kier molecular flexibility index (Phi) is 5.63. The molecule has 0 unspecified atom stereocenters. The van der Waals surface area contributed by atoms with Crippen molar-refractivity contribution >= 4 is 17.4 Å². The monoisotopic (exact) mass is 429 g/mol. The molecule has 0 spiro atoms. The van der Waals surface area contributed by atoms with Gasteiger partial charge in [0, 0.05) is 50.0 Å². The van der Waals surface area contributed by atoms with Gasteiger partial charge >= 0.3 is 6.03 Å². The molecule has 1 aromatic carbocycles. The number of nitrogens with zero attached hydrogens (tertiary/aromatic N) is 6. The normalized spacial score (nSPS) is 18.0. The summed E-state index contributed by atoms with van der Waals surface area (Å²) >= 11 is 0. The third-order valence-corrected chi connectivity index (χ3v) is 6.67. The van der Waals surface area contributed by atoms with E-state index in [0.717, 1.165) is 69.0 Å². The predicted molar refractivity (Wildman–Crippen MR) is 121 cm³/mol. The number of aromatic nitrogens is 3. The fourth-order valence-corrected chi connectivity index (χ4v) is 4.77. The van der Waals surface area contributed by atoms with Crippen molar-refractivity contribution in [2.24, 2.45) is 0 Å². The fourth-order valence-electron chi connectivity index (χ4n) is 4.77. The zero-order chi connectivity index (χ0) is 21.9. The van der Waals surface area contributed by atoms with Crippen molar-refractivity contribution in [3.8, 4) is 6.07 Å². The molecule has 32 heavy (non-hydrogen) atoms. The van der Waals surface area contributed by atoms with Gasteiger partial charge in [0.2, 0.25) is 0 Å². The zero-order valence-corrected chi connectivity index (χ0v) is 18.0. The molecule has 8 heteroatoms. The molecule has 4 heterocycles. The Labute approximate surface area is 187 Å². The number of hydrogen-bond donors (Lipinski definition) is 1. The highest BCUT2D eigenvalue weighted by Gasteiger charge is 2.28. The molecular formula is C24H27N7O. The second-order valence-electron chi connectivity index (χ2n) is 8.62. The average molecular weight is 430 g/mol. The van der Waals surface area contributed by atoms with E-state index < -0.39 is 0 Å². The Balaban J connectivity index is 1.10. The van der Waals surface area contributed by atoms with Gasteiger partial charge in [-0.25, -0.2) is 4.79 Å². The number of fused-ring (bicyclic) bond motifs is 1. The molecule has 2 aliphatic rings. The number of urea groups is 1. The Morgan fingerprint density at radius 1 is 0.969 bits per heavy atom. The van der Waals surface area contributed by atoms with Crippen molar-refractivity contribution in [2.75, 3.05) is 31.1 Å². The largest absolute Gasteiger partial charge is 0.371 e. The van der Waals surface area contributed by atoms with E-state index >= 15 is 0 Å². The van der Waals surface area contributed by atoms with Crippen LogP contribution in [0.3, 0.4) is 0 Å². The number of rotatable bonds is 3. The molecule has 2 saturated heterocycles. The molecule has 1 N–H and O–H groups in total. The number of piperidine rings is 2. The Hall–Kier alpha value is -3.60. The van der Waals surface area contributed by atoms with Crippen molar-refractivity contribution in [1.29, 1.82) is 5.26 Å². The second kappa shape index (κ2) is 8.87. The minimum absolute atomic E-state index is 0.0476. The minimum Gasteiger partial charge on any atom is -0.371 e. The Bertz CT molecular complexity index is 1120. The first kappa shape index (κ1) is 20.3. The van der Waals surface area contributed by atoms with Gasteiger partial charge in [-0.3, -0.25) is 4.40 Å². The molecule has 0 radical (unpaired) electrons. The van der Waals surface area contributed by atoms with Gasteiger partial charge in [-0.15, -0.1) is 10.2 Å². The van der Waals surface area contributed by atoms with E-state index in [1.807, 2.05) is 53.6 Å². The molecule has 5 rings (SSSR count). The van der Waals surface area contributed by atoms with Crippen LogP contribution in [0, 0.1) is 11.3 Å². The molecule has 8 nitrogen and oxygen atoms in total. The van der Waals surface area contributed by atoms with Crippen molar-refractivity contribution < 1.29 is 4.79 Å². The maximum Gasteiger partial charge on any atom is 0.317 e. The van der Waals surface area contributed by atoms with Crippen molar-refractivity contribution in [2.45, 2.75) is 37.6 Å². The zero-order valence-electron chi connectivity index (χ0n) is 18.0. The summed E-state index contributed by atoms with van der Waals surface area (Å²) in [7, 11) is 0. The van der Waals surface area contributed by atoms with E-state index in [1.54, 1.807) is 0 Å². The lowest BCUT2D eigenvalue weighted by Crippen LogP contribution is -2.51. The number of amides is 2. The van der Waals surface area contributed by atoms with Crippen LogP contribution in [0.4, 0.5) is 10.5 Å². The SMILES string of the molecule is N#Cc1ccc(N2CCC(NC(=O)N3CCC(c4nnc5ccccn45)CC3)CC2)cc1. The van der Waals surface area contributed by atoms with Crippen LogP contribution in [0.2, 0.25) is 0 Å². The van der Waals surface area contributed by atoms with E-state index in [-0.39, 0.29) is 12.1 Å². The van der Waals surface area contributed by atoms with Gasteiger partial charge in [-0.05, 0) is 62.1 Å². The Morgan fingerprint density at radius 3 is 2.44 bits per heavy atom. The summed E-state index contributed by atoms with van der Waals surface area (Å²) in [5.74, 6) is 1.32. The highest BCUT2D eigenvalue weighted by atomic mass is 16.2. The first-order chi connectivity index (χ1) is 15.7. The van der Waals surface area contributed by atoms with Gasteiger partial charge in [-0.1, -0.05) is 6.07 Å². The van der Waals surface area contributed by atoms with Gasteiger partial charge in [-0.2, -0.15) is 5.26 Å². The summed E-state index contributed by atoms with van der Waals surface area (Å²) < 4.78 is 2.06. The minimum atomic E-state index is 0.0476. The molecule has 3 aromatic rings. The van der Waals surface area contributed by atoms with Crippen LogP contribution < -0.4 is 10.2 Å². The molecule has 2 aromatic heterocycles. The van der Waals surface area contributed by atoms with Crippen LogP contribution >= 0.6 is 0 Å². The van der Waals surface area contributed by atoms with Crippen LogP contribution in [0.15, 0.2) is 48.7 Å². The summed E-state index contributed by atoms with van der Waals surface area (Å²) in [5, 5.41) is 20.9. The average Bonchev–Trinajstić information content (AvgIpc) is 3.29. The number of pyridine rings is 1. The highest BCUT2D eigenvalue weighted by molar-refractivity contribution is 5.74. The maximum atomic E-state index is 12.8. The third-order valence-electron chi connectivity index (χ3n) is 6.67. The van der Waals surface area contributed by atoms with Crippen LogP contribution in [0.5, 0.6) is 0 Å². The van der Waals surface area contributed by atoms with Crippen LogP contribution in [0.25, 0.3) is 5.65 Å². The van der Waals surface area contributed by atoms with E-state index in [1.165, 1.54) is 0 Å². The van der Waals surface area contributed by atoms with Crippen LogP contribution in [-0.4, -0.2) is 57.7 Å². The lowest BCUT2D eigenvalue weighted by molar-refractivity contribution is 0.174. The molecule has 0 saturated carbocycles. The van der Waals surface area contributed by atoms with E-state index in [2.05, 4.69) is 30.9 Å². The number of nitriles is 1. The summed E-state index contributed by atoms with van der Waals surface area (Å²) in [6, 6.07) is 16.0. The lowest BCUT2D eigenvalue weighted by Gasteiger charge is -2.36. The van der Waals surface area contributed by atoms with Crippen molar-refractivity contribution in [1.82, 2.24) is 24.8 Å². The number of carbonyl (C=O) groups is 1.